The molecule has 0 amide bonds. The summed E-state index contributed by atoms with van der Waals surface area (Å²) in [5, 5.41) is 11.3. The molecule has 1 N–H and O–H groups in total. The number of hydrogen-bond acceptors (Lipinski definition) is 9. The van der Waals surface area contributed by atoms with Gasteiger partial charge in [-0.1, -0.05) is 42.5 Å². The van der Waals surface area contributed by atoms with Crippen LogP contribution in [0.25, 0.3) is 0 Å². The first-order valence-electron chi connectivity index (χ1n) is 13.7. The first kappa shape index (κ1) is 32.2. The van der Waals surface area contributed by atoms with Crippen LogP contribution in [-0.4, -0.2) is 52.5 Å². The molecule has 2 aromatic rings. The van der Waals surface area contributed by atoms with Crippen molar-refractivity contribution >= 4 is 25.0 Å². The number of hydrogen-bond donors (Lipinski definition) is 1. The van der Waals surface area contributed by atoms with E-state index in [-0.39, 0.29) is 24.1 Å². The lowest BCUT2D eigenvalue weighted by molar-refractivity contribution is -0.174. The third-order valence-electron chi connectivity index (χ3n) is 7.14. The molecule has 1 atom stereocenters. The molecule has 9 nitrogen and oxygen atoms in total. The van der Waals surface area contributed by atoms with Crippen LogP contribution in [0.1, 0.15) is 89.7 Å². The highest BCUT2D eigenvalue weighted by molar-refractivity contribution is 6.46. The van der Waals surface area contributed by atoms with Crippen LogP contribution in [0.5, 0.6) is 5.75 Å². The molecule has 1 aliphatic heterocycles. The summed E-state index contributed by atoms with van der Waals surface area (Å²) in [6.45, 7) is 15.5. The smallest absolute Gasteiger partial charge is 0.459 e. The number of carbonyl (C=O) groups is 3. The summed E-state index contributed by atoms with van der Waals surface area (Å²) in [4.78, 5) is 39.3. The lowest BCUT2D eigenvalue weighted by Gasteiger charge is -2.32. The van der Waals surface area contributed by atoms with Gasteiger partial charge in [0.05, 0.1) is 17.1 Å². The SMILES string of the molecule is CC(C)(C)OC(=O)C(C)(C)OC(=O)c1cccc(C(CB2OC(C)(C)C(C)(C)O2)C(=O)OCc2ccccc2)c1O. The lowest BCUT2D eigenvalue weighted by Crippen LogP contribution is -2.42. The molecular formula is C31H41BO9. The van der Waals surface area contributed by atoms with E-state index in [0.717, 1.165) is 5.56 Å². The van der Waals surface area contributed by atoms with E-state index < -0.39 is 59.1 Å². The molecule has 1 fully saturated rings. The summed E-state index contributed by atoms with van der Waals surface area (Å²) < 4.78 is 28.7. The van der Waals surface area contributed by atoms with Crippen molar-refractivity contribution < 1.29 is 43.0 Å². The maximum absolute atomic E-state index is 13.5. The van der Waals surface area contributed by atoms with Crippen molar-refractivity contribution in [3.05, 3.63) is 65.2 Å². The number of rotatable bonds is 9. The van der Waals surface area contributed by atoms with Crippen molar-refractivity contribution in [1.29, 1.82) is 0 Å². The van der Waals surface area contributed by atoms with E-state index in [4.69, 9.17) is 23.5 Å². The quantitative estimate of drug-likeness (QED) is 0.235. The van der Waals surface area contributed by atoms with Gasteiger partial charge in [-0.2, -0.15) is 0 Å². The van der Waals surface area contributed by atoms with Crippen molar-refractivity contribution in [3.63, 3.8) is 0 Å². The molecule has 1 heterocycles. The van der Waals surface area contributed by atoms with E-state index in [1.807, 2.05) is 58.0 Å². The zero-order chi connectivity index (χ0) is 30.8. The number of aromatic hydroxyl groups is 1. The van der Waals surface area contributed by atoms with Crippen molar-refractivity contribution in [2.45, 2.75) is 104 Å². The van der Waals surface area contributed by atoms with Gasteiger partial charge in [-0.3, -0.25) is 4.79 Å². The van der Waals surface area contributed by atoms with Gasteiger partial charge in [0, 0.05) is 5.56 Å². The van der Waals surface area contributed by atoms with Crippen LogP contribution in [0.2, 0.25) is 6.32 Å². The Hall–Kier alpha value is -3.37. The predicted octanol–water partition coefficient (Wildman–Crippen LogP) is 5.59. The summed E-state index contributed by atoms with van der Waals surface area (Å²) >= 11 is 0. The van der Waals surface area contributed by atoms with Crippen molar-refractivity contribution in [2.24, 2.45) is 0 Å². The molecule has 0 saturated carbocycles. The second-order valence-corrected chi connectivity index (χ2v) is 12.7. The highest BCUT2D eigenvalue weighted by Gasteiger charge is 2.52. The molecule has 0 aromatic heterocycles. The summed E-state index contributed by atoms with van der Waals surface area (Å²) in [5.41, 5.74) is -2.99. The Morgan fingerprint density at radius 1 is 0.878 bits per heavy atom. The molecule has 0 radical (unpaired) electrons. The molecular weight excluding hydrogens is 527 g/mol. The van der Waals surface area contributed by atoms with Gasteiger partial charge in [0.15, 0.2) is 0 Å². The molecule has 0 bridgehead atoms. The number of phenols is 1. The Kier molecular flexibility index (Phi) is 9.30. The zero-order valence-corrected chi connectivity index (χ0v) is 25.4. The van der Waals surface area contributed by atoms with Crippen LogP contribution >= 0.6 is 0 Å². The number of carbonyl (C=O) groups excluding carboxylic acids is 3. The van der Waals surface area contributed by atoms with Crippen LogP contribution in [0.15, 0.2) is 48.5 Å². The standard InChI is InChI=1S/C31H41BO9/c1-28(2,3)39-27(36)29(4,5)38-26(35)22-17-13-16-21(24(22)33)23(18-32-40-30(6,7)31(8,9)41-32)25(34)37-19-20-14-11-10-12-15-20/h10-17,23,33H,18-19H2,1-9H3. The van der Waals surface area contributed by atoms with Gasteiger partial charge in [0.1, 0.15) is 23.5 Å². The van der Waals surface area contributed by atoms with Gasteiger partial charge in [0.25, 0.3) is 0 Å². The van der Waals surface area contributed by atoms with Crippen molar-refractivity contribution in [3.8, 4) is 5.75 Å². The van der Waals surface area contributed by atoms with E-state index in [1.54, 1.807) is 20.8 Å². The maximum Gasteiger partial charge on any atom is 0.459 e. The normalized spacial score (nSPS) is 17.0. The summed E-state index contributed by atoms with van der Waals surface area (Å²) in [6.07, 6.45) is 0.0238. The molecule has 1 saturated heterocycles. The van der Waals surface area contributed by atoms with Gasteiger partial charge < -0.3 is 28.6 Å². The largest absolute Gasteiger partial charge is 0.507 e. The number of para-hydroxylation sites is 1. The fourth-order valence-corrected chi connectivity index (χ4v) is 4.17. The monoisotopic (exact) mass is 568 g/mol. The fraction of sp³-hybridized carbons (Fsp3) is 0.516. The minimum absolute atomic E-state index is 0.0200. The van der Waals surface area contributed by atoms with Crippen molar-refractivity contribution in [1.82, 2.24) is 0 Å². The van der Waals surface area contributed by atoms with Gasteiger partial charge in [-0.15, -0.1) is 0 Å². The average Bonchev–Trinajstić information content (AvgIpc) is 3.06. The van der Waals surface area contributed by atoms with E-state index in [2.05, 4.69) is 0 Å². The molecule has 41 heavy (non-hydrogen) atoms. The molecule has 1 aliphatic rings. The molecule has 222 valence electrons. The Balaban J connectivity index is 1.90. The van der Waals surface area contributed by atoms with Crippen LogP contribution in [0.3, 0.4) is 0 Å². The van der Waals surface area contributed by atoms with Crippen LogP contribution < -0.4 is 0 Å². The molecule has 0 spiro atoms. The van der Waals surface area contributed by atoms with E-state index in [9.17, 15) is 19.5 Å². The Bertz CT molecular complexity index is 1250. The van der Waals surface area contributed by atoms with Crippen LogP contribution in [-0.2, 0) is 39.7 Å². The topological polar surface area (TPSA) is 118 Å². The van der Waals surface area contributed by atoms with Crippen LogP contribution in [0.4, 0.5) is 0 Å². The molecule has 2 aromatic carbocycles. The summed E-state index contributed by atoms with van der Waals surface area (Å²) in [7, 11) is -0.782. The third-order valence-corrected chi connectivity index (χ3v) is 7.14. The van der Waals surface area contributed by atoms with Gasteiger partial charge in [-0.25, -0.2) is 9.59 Å². The molecule has 10 heteroatoms. The maximum atomic E-state index is 13.5. The lowest BCUT2D eigenvalue weighted by atomic mass is 9.74. The molecule has 0 aliphatic carbocycles. The van der Waals surface area contributed by atoms with Gasteiger partial charge in [-0.05, 0) is 80.3 Å². The number of benzene rings is 2. The Morgan fingerprint density at radius 2 is 1.46 bits per heavy atom. The minimum atomic E-state index is -1.64. The number of phenolic OH excluding ortho intramolecular Hbond substituents is 1. The van der Waals surface area contributed by atoms with Gasteiger partial charge >= 0.3 is 25.0 Å². The van der Waals surface area contributed by atoms with Crippen molar-refractivity contribution in [2.75, 3.05) is 0 Å². The summed E-state index contributed by atoms with van der Waals surface area (Å²) in [5.74, 6) is -3.82. The highest BCUT2D eigenvalue weighted by atomic mass is 16.7. The second kappa shape index (κ2) is 11.9. The average molecular weight is 568 g/mol. The van der Waals surface area contributed by atoms with E-state index in [0.29, 0.717) is 0 Å². The summed E-state index contributed by atoms with van der Waals surface area (Å²) in [6, 6.07) is 13.6. The second-order valence-electron chi connectivity index (χ2n) is 12.7. The Morgan fingerprint density at radius 3 is 2.02 bits per heavy atom. The first-order valence-corrected chi connectivity index (χ1v) is 13.7. The first-order chi connectivity index (χ1) is 18.8. The minimum Gasteiger partial charge on any atom is -0.507 e. The number of ether oxygens (including phenoxy) is 3. The highest BCUT2D eigenvalue weighted by Crippen LogP contribution is 2.42. The van der Waals surface area contributed by atoms with Gasteiger partial charge in [0.2, 0.25) is 5.60 Å². The zero-order valence-electron chi connectivity index (χ0n) is 25.4. The van der Waals surface area contributed by atoms with E-state index >= 15 is 0 Å². The fourth-order valence-electron chi connectivity index (χ4n) is 4.17. The molecule has 3 rings (SSSR count). The predicted molar refractivity (Wildman–Crippen MR) is 153 cm³/mol. The number of esters is 3. The van der Waals surface area contributed by atoms with Crippen LogP contribution in [0, 0.1) is 0 Å². The van der Waals surface area contributed by atoms with E-state index in [1.165, 1.54) is 32.0 Å². The Labute approximate surface area is 242 Å². The third kappa shape index (κ3) is 7.89. The molecule has 1 unspecified atom stereocenters.